The average molecular weight is 1020 g/mol. The zero-order chi connectivity index (χ0) is 53.3. The molecule has 4 N–H and O–H groups in total. The van der Waals surface area contributed by atoms with Gasteiger partial charge >= 0.3 is 0 Å². The van der Waals surface area contributed by atoms with Crippen LogP contribution in [0, 0.1) is 27.6 Å². The van der Waals surface area contributed by atoms with Crippen LogP contribution in [0.4, 0.5) is 14.5 Å². The molecule has 4 aromatic rings. The number of piperidine rings is 1. The maximum Gasteiger partial charge on any atom is 0.264 e. The van der Waals surface area contributed by atoms with Crippen LogP contribution in [0.5, 0.6) is 5.75 Å². The van der Waals surface area contributed by atoms with Crippen LogP contribution in [-0.2, 0) is 24.8 Å². The first-order valence-electron chi connectivity index (χ1n) is 25.1. The molecular weight excluding hydrogens is 938 g/mol. The fraction of sp³-hybridized carbons (Fsp3) is 0.537. The quantitative estimate of drug-likeness (QED) is 0.0639. The minimum absolute atomic E-state index is 0.0286. The standard InChI is InChI=1S/C33H42F2N10O.C15H18ClNO.C2H5NO.2C2H6/c1-37-33(46)22-15-38-30(39-16-22)20-44-11-6-24(7-12-44)41-28-8-10-42(2)19-27(28)32(36)45-9-4-5-21-13-25(23-17-40-43(3)18-23)26(31(34)35)14-29(21)45;1-14(2)9-15(3,4)13(14)18-11-6-5-10(8-17)12(16)7-11;1-3-2-4;2*1-2/h13-18,24,31,36,41H,4-12,19-20H2,1-3H3,(H,37,46);5-7,13H,9H2,1-4H3;2H,1H3,(H,3,4);2*1-2H3. The lowest BCUT2D eigenvalue weighted by molar-refractivity contribution is -0.133. The van der Waals surface area contributed by atoms with Crippen molar-refractivity contribution in [2.24, 2.45) is 17.9 Å². The normalized spacial score (nSPS) is 17.3. The second-order valence-electron chi connectivity index (χ2n) is 19.3. The second kappa shape index (κ2) is 27.2. The molecule has 0 bridgehead atoms. The smallest absolute Gasteiger partial charge is 0.264 e. The van der Waals surface area contributed by atoms with Gasteiger partial charge in [-0.05, 0) is 74.5 Å². The molecule has 2 amide bonds. The highest BCUT2D eigenvalue weighted by atomic mass is 35.5. The summed E-state index contributed by atoms with van der Waals surface area (Å²) in [5.41, 5.74) is 6.16. The van der Waals surface area contributed by atoms with Crippen molar-refractivity contribution in [2.75, 3.05) is 58.8 Å². The lowest BCUT2D eigenvalue weighted by atomic mass is 9.53. The van der Waals surface area contributed by atoms with Gasteiger partial charge in [-0.15, -0.1) is 0 Å². The average Bonchev–Trinajstić information content (AvgIpc) is 3.82. The van der Waals surface area contributed by atoms with Gasteiger partial charge in [-0.25, -0.2) is 18.7 Å². The van der Waals surface area contributed by atoms with Crippen LogP contribution < -0.4 is 25.6 Å². The zero-order valence-corrected chi connectivity index (χ0v) is 45.2. The summed E-state index contributed by atoms with van der Waals surface area (Å²) in [6, 6.07) is 11.0. The fourth-order valence-electron chi connectivity index (χ4n) is 10.1. The van der Waals surface area contributed by atoms with E-state index in [-0.39, 0.29) is 34.4 Å². The van der Waals surface area contributed by atoms with Gasteiger partial charge < -0.3 is 30.5 Å². The molecule has 0 radical (unpaired) electrons. The molecule has 2 fully saturated rings. The molecule has 3 aliphatic heterocycles. The molecule has 1 saturated carbocycles. The highest BCUT2D eigenvalue weighted by molar-refractivity contribution is 6.31. The van der Waals surface area contributed by atoms with E-state index in [4.69, 9.17) is 26.4 Å². The predicted octanol–water partition coefficient (Wildman–Crippen LogP) is 9.58. The minimum atomic E-state index is -2.64. The maximum absolute atomic E-state index is 14.4. The number of nitriles is 1. The summed E-state index contributed by atoms with van der Waals surface area (Å²) in [4.78, 5) is 36.1. The number of likely N-dealkylation sites (tertiary alicyclic amines) is 1. The van der Waals surface area contributed by atoms with Gasteiger partial charge in [0.1, 0.15) is 29.6 Å². The van der Waals surface area contributed by atoms with E-state index in [0.717, 1.165) is 80.7 Å². The molecule has 18 heteroatoms. The number of alkyl halides is 2. The summed E-state index contributed by atoms with van der Waals surface area (Å²) in [7, 11) is 6.99. The first-order chi connectivity index (χ1) is 34.4. The lowest BCUT2D eigenvalue weighted by Crippen LogP contribution is -2.58. The second-order valence-corrected chi connectivity index (χ2v) is 19.7. The number of fused-ring (bicyclic) bond motifs is 1. The van der Waals surface area contributed by atoms with Crippen molar-refractivity contribution in [3.05, 3.63) is 99.5 Å². The zero-order valence-electron chi connectivity index (χ0n) is 44.4. The van der Waals surface area contributed by atoms with Gasteiger partial charge in [0.25, 0.3) is 12.3 Å². The Balaban J connectivity index is 0.000000358. The Bertz CT molecular complexity index is 2480. The Morgan fingerprint density at radius 1 is 0.986 bits per heavy atom. The topological polar surface area (TPSA) is 180 Å². The first-order valence-corrected chi connectivity index (χ1v) is 25.5. The SMILES string of the molecule is CC.CC.CC1(C)CC(C)(C)C1Oc1ccc(C#N)c(Cl)c1.CNC(=O)c1cnc(CN2CCC(NC3=C(C(=N)N4CCCc5cc(-c6cnn(C)c6)c(C(F)F)cc54)CN(C)CC3)CC2)nc1.CNC=O. The van der Waals surface area contributed by atoms with Gasteiger partial charge in [-0.2, -0.15) is 10.4 Å². The highest BCUT2D eigenvalue weighted by Gasteiger charge is 2.55. The third-order valence-corrected chi connectivity index (χ3v) is 13.3. The van der Waals surface area contributed by atoms with Crippen molar-refractivity contribution in [1.29, 1.82) is 10.7 Å². The van der Waals surface area contributed by atoms with Crippen molar-refractivity contribution >= 4 is 35.4 Å². The number of likely N-dealkylation sites (N-methyl/N-ethyl adjacent to an activating group) is 1. The van der Waals surface area contributed by atoms with Crippen molar-refractivity contribution < 1.29 is 23.1 Å². The van der Waals surface area contributed by atoms with Gasteiger partial charge in [-0.1, -0.05) is 67.0 Å². The third kappa shape index (κ3) is 15.0. The summed E-state index contributed by atoms with van der Waals surface area (Å²) in [5, 5.41) is 31.5. The number of benzene rings is 2. The molecule has 2 aromatic heterocycles. The number of ether oxygens (including phenoxy) is 1. The molecule has 2 aromatic carbocycles. The van der Waals surface area contributed by atoms with Crippen LogP contribution in [0.1, 0.15) is 127 Å². The van der Waals surface area contributed by atoms with Crippen molar-refractivity contribution in [2.45, 2.75) is 119 Å². The monoisotopic (exact) mass is 1010 g/mol. The van der Waals surface area contributed by atoms with Crippen LogP contribution in [0.15, 0.2) is 66.4 Å². The Labute approximate surface area is 431 Å². The van der Waals surface area contributed by atoms with E-state index in [2.05, 4.69) is 75.6 Å². The molecule has 72 heavy (non-hydrogen) atoms. The van der Waals surface area contributed by atoms with Gasteiger partial charge in [0.2, 0.25) is 6.41 Å². The van der Waals surface area contributed by atoms with Crippen LogP contribution in [0.2, 0.25) is 5.02 Å². The number of aromatic nitrogens is 4. The maximum atomic E-state index is 14.4. The van der Waals surface area contributed by atoms with Gasteiger partial charge in [0.15, 0.2) is 0 Å². The molecule has 0 atom stereocenters. The third-order valence-electron chi connectivity index (χ3n) is 13.0. The number of amidine groups is 1. The number of hydrogen-bond donors (Lipinski definition) is 4. The summed E-state index contributed by atoms with van der Waals surface area (Å²) in [5.74, 6) is 1.62. The van der Waals surface area contributed by atoms with Crippen LogP contribution in [-0.4, -0.2) is 114 Å². The van der Waals surface area contributed by atoms with E-state index < -0.39 is 6.43 Å². The Morgan fingerprint density at radius 3 is 2.18 bits per heavy atom. The van der Waals surface area contributed by atoms with Crippen molar-refractivity contribution in [1.82, 2.24) is 45.5 Å². The van der Waals surface area contributed by atoms with E-state index in [9.17, 15) is 19.0 Å². The number of amides is 2. The number of anilines is 1. The predicted molar refractivity (Wildman–Crippen MR) is 284 cm³/mol. The number of carbonyl (C=O) groups excluding carboxylic acids is 2. The van der Waals surface area contributed by atoms with Crippen LogP contribution >= 0.6 is 11.6 Å². The number of nitrogens with zero attached hydrogens (tertiary/aromatic N) is 8. The minimum Gasteiger partial charge on any atom is -0.489 e. The van der Waals surface area contributed by atoms with Gasteiger partial charge in [0, 0.05) is 130 Å². The van der Waals surface area contributed by atoms with E-state index in [1.165, 1.54) is 0 Å². The van der Waals surface area contributed by atoms with Gasteiger partial charge in [-0.3, -0.25) is 24.6 Å². The first kappa shape index (κ1) is 58.6. The molecule has 392 valence electrons. The molecule has 4 aliphatic rings. The van der Waals surface area contributed by atoms with Crippen molar-refractivity contribution in [3.8, 4) is 22.9 Å². The molecule has 15 nitrogen and oxygen atoms in total. The van der Waals surface area contributed by atoms with E-state index >= 15 is 0 Å². The molecule has 1 aliphatic carbocycles. The Hall–Kier alpha value is -5.96. The van der Waals surface area contributed by atoms with Gasteiger partial charge in [0.05, 0.1) is 28.9 Å². The largest absolute Gasteiger partial charge is 0.489 e. The number of halogens is 3. The summed E-state index contributed by atoms with van der Waals surface area (Å²) >= 11 is 6.01. The number of rotatable bonds is 11. The van der Waals surface area contributed by atoms with Crippen LogP contribution in [0.3, 0.4) is 0 Å². The number of hydrogen-bond acceptors (Lipinski definition) is 11. The summed E-state index contributed by atoms with van der Waals surface area (Å²) in [6.07, 6.45) is 10.1. The molecule has 1 saturated heterocycles. The van der Waals surface area contributed by atoms with Crippen molar-refractivity contribution in [3.63, 3.8) is 0 Å². The molecule has 5 heterocycles. The Morgan fingerprint density at radius 2 is 1.64 bits per heavy atom. The molecular formula is C54H77ClF2N12O3. The van der Waals surface area contributed by atoms with E-state index in [0.29, 0.717) is 70.7 Å². The molecule has 8 rings (SSSR count). The summed E-state index contributed by atoms with van der Waals surface area (Å²) in [6.45, 7) is 21.4. The number of carbonyl (C=O) groups is 2. The number of nitrogens with one attached hydrogen (secondary N) is 4. The summed E-state index contributed by atoms with van der Waals surface area (Å²) < 4.78 is 36.5. The van der Waals surface area contributed by atoms with E-state index in [1.807, 2.05) is 50.8 Å². The molecule has 0 spiro atoms. The number of aryl methyl sites for hydroxylation is 2. The fourth-order valence-corrected chi connectivity index (χ4v) is 10.3. The molecule has 0 unspecified atom stereocenters. The highest BCUT2D eigenvalue weighted by Crippen LogP contribution is 2.55. The van der Waals surface area contributed by atoms with E-state index in [1.54, 1.807) is 68.8 Å². The Kier molecular flexibility index (Phi) is 22.1. The van der Waals surface area contributed by atoms with Crippen LogP contribution in [0.25, 0.3) is 11.1 Å². The lowest BCUT2D eigenvalue weighted by Gasteiger charge is -2.56.